The number of nitrogens with zero attached hydrogens (tertiary/aromatic N) is 3. The smallest absolute Gasteiger partial charge is 0.354 e. The van der Waals surface area contributed by atoms with E-state index in [9.17, 15) is 9.90 Å². The van der Waals surface area contributed by atoms with Crippen LogP contribution in [0.2, 0.25) is 0 Å². The summed E-state index contributed by atoms with van der Waals surface area (Å²) in [7, 11) is 0. The van der Waals surface area contributed by atoms with E-state index in [1.807, 2.05) is 18.2 Å². The molecule has 2 aromatic carbocycles. The van der Waals surface area contributed by atoms with E-state index in [2.05, 4.69) is 63.8 Å². The lowest BCUT2D eigenvalue weighted by molar-refractivity contribution is 0.0691. The predicted molar refractivity (Wildman–Crippen MR) is 118 cm³/mol. The zero-order valence-electron chi connectivity index (χ0n) is 16.9. The van der Waals surface area contributed by atoms with Crippen LogP contribution in [0.25, 0.3) is 10.9 Å². The molecule has 2 aromatic heterocycles. The van der Waals surface area contributed by atoms with E-state index in [-0.39, 0.29) is 5.69 Å². The zero-order valence-corrected chi connectivity index (χ0v) is 16.9. The Labute approximate surface area is 175 Å². The van der Waals surface area contributed by atoms with E-state index in [1.54, 1.807) is 6.07 Å². The van der Waals surface area contributed by atoms with E-state index < -0.39 is 5.97 Å². The first-order valence-corrected chi connectivity index (χ1v) is 10.2. The maximum Gasteiger partial charge on any atom is 0.354 e. The Morgan fingerprint density at radius 3 is 2.53 bits per heavy atom. The molecule has 5 nitrogen and oxygen atoms in total. The van der Waals surface area contributed by atoms with Crippen LogP contribution in [0.3, 0.4) is 0 Å². The minimum Gasteiger partial charge on any atom is -0.477 e. The molecule has 5 rings (SSSR count). The average Bonchev–Trinajstić information content (AvgIpc) is 3.08. The normalized spacial score (nSPS) is 13.4. The highest BCUT2D eigenvalue weighted by molar-refractivity contribution is 5.97. The van der Waals surface area contributed by atoms with Gasteiger partial charge in [0, 0.05) is 30.7 Å². The molecule has 4 aromatic rings. The summed E-state index contributed by atoms with van der Waals surface area (Å²) in [5.41, 5.74) is 6.02. The van der Waals surface area contributed by atoms with Crippen LogP contribution in [-0.4, -0.2) is 27.2 Å². The summed E-state index contributed by atoms with van der Waals surface area (Å²) in [5.74, 6) is -0.243. The lowest BCUT2D eigenvalue weighted by Crippen LogP contribution is -2.32. The monoisotopic (exact) mass is 397 g/mol. The first kappa shape index (κ1) is 18.4. The molecule has 5 heteroatoms. The Kier molecular flexibility index (Phi) is 4.51. The maximum absolute atomic E-state index is 11.8. The summed E-state index contributed by atoms with van der Waals surface area (Å²) in [5, 5.41) is 10.6. The van der Waals surface area contributed by atoms with Crippen molar-refractivity contribution in [1.82, 2.24) is 9.55 Å². The number of anilines is 1. The quantitative estimate of drug-likeness (QED) is 0.544. The molecule has 1 aliphatic rings. The fraction of sp³-hybridized carbons (Fsp3) is 0.200. The third kappa shape index (κ3) is 3.22. The number of carboxylic acids is 1. The molecule has 1 N–H and O–H groups in total. The van der Waals surface area contributed by atoms with Gasteiger partial charge in [-0.2, -0.15) is 0 Å². The highest BCUT2D eigenvalue weighted by atomic mass is 16.4. The Morgan fingerprint density at radius 1 is 1.03 bits per heavy atom. The molecule has 1 aliphatic heterocycles. The number of carbonyl (C=O) groups is 1. The second-order valence-electron chi connectivity index (χ2n) is 7.87. The molecule has 0 atom stereocenters. The van der Waals surface area contributed by atoms with Crippen LogP contribution in [0.4, 0.5) is 5.82 Å². The molecule has 0 aliphatic carbocycles. The van der Waals surface area contributed by atoms with E-state index in [0.29, 0.717) is 0 Å². The Balaban J connectivity index is 1.66. The van der Waals surface area contributed by atoms with E-state index >= 15 is 0 Å². The Bertz CT molecular complexity index is 1240. The topological polar surface area (TPSA) is 58.4 Å². The first-order chi connectivity index (χ1) is 14.6. The fourth-order valence-corrected chi connectivity index (χ4v) is 4.39. The van der Waals surface area contributed by atoms with Gasteiger partial charge >= 0.3 is 5.97 Å². The molecule has 0 spiro atoms. The summed E-state index contributed by atoms with van der Waals surface area (Å²) in [6.07, 6.45) is 0.926. The summed E-state index contributed by atoms with van der Waals surface area (Å²) >= 11 is 0. The van der Waals surface area contributed by atoms with Crippen molar-refractivity contribution in [3.8, 4) is 0 Å². The van der Waals surface area contributed by atoms with Crippen molar-refractivity contribution in [3.63, 3.8) is 0 Å². The summed E-state index contributed by atoms with van der Waals surface area (Å²) in [6, 6.07) is 22.5. The molecule has 0 fully saturated rings. The third-order valence-electron chi connectivity index (χ3n) is 5.90. The van der Waals surface area contributed by atoms with Gasteiger partial charge in [-0.15, -0.1) is 0 Å². The Morgan fingerprint density at radius 2 is 1.77 bits per heavy atom. The summed E-state index contributed by atoms with van der Waals surface area (Å²) in [4.78, 5) is 18.6. The van der Waals surface area contributed by atoms with Gasteiger partial charge in [0.15, 0.2) is 11.5 Å². The number of carboxylic acid groups (broad SMARTS) is 1. The van der Waals surface area contributed by atoms with Crippen LogP contribution in [0.1, 0.15) is 32.9 Å². The van der Waals surface area contributed by atoms with Crippen molar-refractivity contribution in [2.24, 2.45) is 0 Å². The highest BCUT2D eigenvalue weighted by Crippen LogP contribution is 2.33. The summed E-state index contributed by atoms with van der Waals surface area (Å²) < 4.78 is 2.25. The van der Waals surface area contributed by atoms with Gasteiger partial charge in [-0.25, -0.2) is 9.78 Å². The van der Waals surface area contributed by atoms with Gasteiger partial charge in [0.1, 0.15) is 0 Å². The van der Waals surface area contributed by atoms with Crippen molar-refractivity contribution in [3.05, 3.63) is 94.8 Å². The van der Waals surface area contributed by atoms with Crippen LogP contribution in [-0.2, 0) is 19.5 Å². The number of aryl methyl sites for hydroxylation is 1. The molecule has 150 valence electrons. The number of hydrogen-bond donors (Lipinski definition) is 1. The zero-order chi connectivity index (χ0) is 20.7. The first-order valence-electron chi connectivity index (χ1n) is 10.2. The van der Waals surface area contributed by atoms with Gasteiger partial charge in [-0.05, 0) is 42.2 Å². The third-order valence-corrected chi connectivity index (χ3v) is 5.90. The molecule has 0 unspecified atom stereocenters. The molecular weight excluding hydrogens is 374 g/mol. The number of hydrogen-bond acceptors (Lipinski definition) is 3. The molecule has 0 amide bonds. The molecule has 0 saturated carbocycles. The minimum atomic E-state index is -0.996. The van der Waals surface area contributed by atoms with Gasteiger partial charge < -0.3 is 14.6 Å². The van der Waals surface area contributed by atoms with Crippen molar-refractivity contribution in [2.75, 3.05) is 11.4 Å². The van der Waals surface area contributed by atoms with Crippen LogP contribution < -0.4 is 4.90 Å². The lowest BCUT2D eigenvalue weighted by atomic mass is 10.00. The average molecular weight is 397 g/mol. The number of pyridine rings is 1. The lowest BCUT2D eigenvalue weighted by Gasteiger charge is -2.31. The molecular formula is C25H23N3O2. The van der Waals surface area contributed by atoms with Crippen LogP contribution in [0.5, 0.6) is 0 Å². The van der Waals surface area contributed by atoms with Gasteiger partial charge in [0.25, 0.3) is 0 Å². The largest absolute Gasteiger partial charge is 0.477 e. The molecule has 0 saturated heterocycles. The second kappa shape index (κ2) is 7.34. The molecule has 0 bridgehead atoms. The van der Waals surface area contributed by atoms with Gasteiger partial charge in [0.05, 0.1) is 5.52 Å². The second-order valence-corrected chi connectivity index (χ2v) is 7.87. The van der Waals surface area contributed by atoms with E-state index in [1.165, 1.54) is 16.7 Å². The van der Waals surface area contributed by atoms with Crippen LogP contribution in [0.15, 0.2) is 66.7 Å². The SMILES string of the molecule is Cc1cc2cc(C(=O)O)nc(N3CCc4ccccc4C3)c2n1Cc1ccccc1. The van der Waals surface area contributed by atoms with Crippen molar-refractivity contribution >= 4 is 22.7 Å². The highest BCUT2D eigenvalue weighted by Gasteiger charge is 2.23. The van der Waals surface area contributed by atoms with Crippen LogP contribution >= 0.6 is 0 Å². The maximum atomic E-state index is 11.8. The molecule has 3 heterocycles. The molecule has 0 radical (unpaired) electrons. The van der Waals surface area contributed by atoms with Gasteiger partial charge in [-0.1, -0.05) is 54.6 Å². The minimum absolute atomic E-state index is 0.0909. The number of fused-ring (bicyclic) bond motifs is 2. The standard InChI is InChI=1S/C25H23N3O2/c1-17-13-21-14-22(25(29)30)26-24(23(21)28(17)15-18-7-3-2-4-8-18)27-12-11-19-9-5-6-10-20(19)16-27/h2-10,13-14H,11-12,15-16H2,1H3,(H,29,30). The number of rotatable bonds is 4. The Hall–Kier alpha value is -3.60. The number of aromatic nitrogens is 2. The summed E-state index contributed by atoms with van der Waals surface area (Å²) in [6.45, 7) is 4.34. The molecule has 30 heavy (non-hydrogen) atoms. The van der Waals surface area contributed by atoms with Crippen molar-refractivity contribution in [1.29, 1.82) is 0 Å². The van der Waals surface area contributed by atoms with Gasteiger partial charge in [-0.3, -0.25) is 0 Å². The predicted octanol–water partition coefficient (Wildman–Crippen LogP) is 4.65. The van der Waals surface area contributed by atoms with E-state index in [4.69, 9.17) is 0 Å². The fourth-order valence-electron chi connectivity index (χ4n) is 4.39. The van der Waals surface area contributed by atoms with E-state index in [0.717, 1.165) is 48.5 Å². The number of aromatic carboxylic acids is 1. The van der Waals surface area contributed by atoms with Crippen LogP contribution in [0, 0.1) is 6.92 Å². The number of benzene rings is 2. The van der Waals surface area contributed by atoms with Gasteiger partial charge in [0.2, 0.25) is 0 Å². The van der Waals surface area contributed by atoms with Crippen molar-refractivity contribution in [2.45, 2.75) is 26.4 Å². The van der Waals surface area contributed by atoms with Crippen molar-refractivity contribution < 1.29 is 9.90 Å².